The first-order valence-corrected chi connectivity index (χ1v) is 11.3. The molecule has 2 N–H and O–H groups in total. The minimum atomic E-state index is -1.02. The first kappa shape index (κ1) is 24.2. The van der Waals surface area contributed by atoms with Crippen LogP contribution in [-0.2, 0) is 9.59 Å². The van der Waals surface area contributed by atoms with E-state index < -0.39 is 17.7 Å². The second-order valence-corrected chi connectivity index (χ2v) is 8.37. The number of ether oxygens (including phenoxy) is 2. The fraction of sp³-hybridized carbons (Fsp3) is 0.185. The number of hydrogen-bond acceptors (Lipinski definition) is 6. The number of benzene rings is 3. The number of aliphatic hydroxyl groups is 1. The number of carbonyl (C=O) groups excluding carboxylic acids is 2. The standard InChI is InChI=1S/C27H24ClNO6/c1-4-35-22-13-16(10-12-20(22)30)24-23(25(31)18-7-5-6-8-21(18)34-3)26(32)27(33)29(24)17-11-9-15(2)19(28)14-17/h5-14,24,30-31H,4H2,1-3H3/b25-23+. The van der Waals surface area contributed by atoms with Gasteiger partial charge in [-0.1, -0.05) is 35.9 Å². The molecule has 180 valence electrons. The van der Waals surface area contributed by atoms with Crippen LogP contribution < -0.4 is 14.4 Å². The summed E-state index contributed by atoms with van der Waals surface area (Å²) in [5.74, 6) is -1.62. The Labute approximate surface area is 207 Å². The number of Topliss-reactive ketones (excluding diaryl/α,β-unsaturated/α-hetero) is 1. The smallest absolute Gasteiger partial charge is 0.300 e. The van der Waals surface area contributed by atoms with Crippen LogP contribution in [-0.4, -0.2) is 35.6 Å². The van der Waals surface area contributed by atoms with Gasteiger partial charge in [-0.15, -0.1) is 0 Å². The van der Waals surface area contributed by atoms with Gasteiger partial charge in [0.2, 0.25) is 0 Å². The summed E-state index contributed by atoms with van der Waals surface area (Å²) in [6, 6.07) is 15.2. The van der Waals surface area contributed by atoms with Crippen LogP contribution in [0.1, 0.15) is 29.7 Å². The average Bonchev–Trinajstić information content (AvgIpc) is 3.12. The molecular weight excluding hydrogens is 470 g/mol. The molecule has 3 aromatic carbocycles. The zero-order valence-electron chi connectivity index (χ0n) is 19.4. The summed E-state index contributed by atoms with van der Waals surface area (Å²) in [7, 11) is 1.45. The molecule has 0 saturated carbocycles. The van der Waals surface area contributed by atoms with E-state index in [0.29, 0.717) is 28.6 Å². The highest BCUT2D eigenvalue weighted by molar-refractivity contribution is 6.52. The van der Waals surface area contributed by atoms with Crippen molar-refractivity contribution in [3.63, 3.8) is 0 Å². The molecule has 0 bridgehead atoms. The molecule has 0 aromatic heterocycles. The average molecular weight is 494 g/mol. The minimum Gasteiger partial charge on any atom is -0.507 e. The van der Waals surface area contributed by atoms with Crippen molar-refractivity contribution in [2.24, 2.45) is 0 Å². The Morgan fingerprint density at radius 1 is 1.06 bits per heavy atom. The Bertz CT molecular complexity index is 1350. The summed E-state index contributed by atoms with van der Waals surface area (Å²) in [5, 5.41) is 22.0. The van der Waals surface area contributed by atoms with Gasteiger partial charge in [0.1, 0.15) is 11.5 Å². The number of phenolic OH excluding ortho intramolecular Hbond substituents is 1. The third-order valence-electron chi connectivity index (χ3n) is 5.84. The number of rotatable bonds is 6. The first-order valence-electron chi connectivity index (χ1n) is 10.9. The lowest BCUT2D eigenvalue weighted by Crippen LogP contribution is -2.29. The Morgan fingerprint density at radius 2 is 1.80 bits per heavy atom. The van der Waals surface area contributed by atoms with Gasteiger partial charge in [-0.05, 0) is 61.4 Å². The second kappa shape index (κ2) is 9.72. The largest absolute Gasteiger partial charge is 0.507 e. The second-order valence-electron chi connectivity index (χ2n) is 7.96. The number of carbonyl (C=O) groups is 2. The SMILES string of the molecule is CCOc1cc(C2/C(=C(\O)c3ccccc3OC)C(=O)C(=O)N2c2ccc(C)c(Cl)c2)ccc1O. The van der Waals surface area contributed by atoms with E-state index in [4.69, 9.17) is 21.1 Å². The van der Waals surface area contributed by atoms with Crippen LogP contribution in [0.5, 0.6) is 17.2 Å². The molecule has 1 unspecified atom stereocenters. The Kier molecular flexibility index (Phi) is 6.71. The van der Waals surface area contributed by atoms with Gasteiger partial charge >= 0.3 is 0 Å². The van der Waals surface area contributed by atoms with Gasteiger partial charge < -0.3 is 19.7 Å². The number of nitrogens with zero attached hydrogens (tertiary/aromatic N) is 1. The summed E-state index contributed by atoms with van der Waals surface area (Å²) in [6.45, 7) is 3.90. The van der Waals surface area contributed by atoms with E-state index in [1.165, 1.54) is 18.1 Å². The van der Waals surface area contributed by atoms with E-state index in [-0.39, 0.29) is 28.4 Å². The van der Waals surface area contributed by atoms with Crippen LogP contribution >= 0.6 is 11.6 Å². The van der Waals surface area contributed by atoms with Crippen molar-refractivity contribution >= 4 is 34.7 Å². The number of phenols is 1. The maximum atomic E-state index is 13.4. The van der Waals surface area contributed by atoms with Gasteiger partial charge in [-0.25, -0.2) is 0 Å². The summed E-state index contributed by atoms with van der Waals surface area (Å²) in [4.78, 5) is 28.0. The van der Waals surface area contributed by atoms with Gasteiger partial charge in [-0.2, -0.15) is 0 Å². The number of ketones is 1. The van der Waals surface area contributed by atoms with Crippen LogP contribution in [0.25, 0.3) is 5.76 Å². The Hall–Kier alpha value is -3.97. The first-order chi connectivity index (χ1) is 16.8. The number of halogens is 1. The number of amides is 1. The fourth-order valence-corrected chi connectivity index (χ4v) is 4.28. The van der Waals surface area contributed by atoms with Crippen molar-refractivity contribution in [2.45, 2.75) is 19.9 Å². The molecule has 1 fully saturated rings. The minimum absolute atomic E-state index is 0.0874. The molecule has 1 aliphatic rings. The highest BCUT2D eigenvalue weighted by atomic mass is 35.5. The number of anilines is 1. The lowest BCUT2D eigenvalue weighted by atomic mass is 9.94. The number of aliphatic hydroxyl groups excluding tert-OH is 1. The summed E-state index contributed by atoms with van der Waals surface area (Å²) in [5.41, 5.74) is 1.80. The number of aryl methyl sites for hydroxylation is 1. The normalized spacial score (nSPS) is 17.0. The van der Waals surface area contributed by atoms with Crippen molar-refractivity contribution in [1.82, 2.24) is 0 Å². The van der Waals surface area contributed by atoms with Crippen LogP contribution in [0.3, 0.4) is 0 Å². The van der Waals surface area contributed by atoms with E-state index in [1.54, 1.807) is 61.5 Å². The van der Waals surface area contributed by atoms with Crippen LogP contribution in [0.4, 0.5) is 5.69 Å². The topological polar surface area (TPSA) is 96.3 Å². The third-order valence-corrected chi connectivity index (χ3v) is 6.25. The van der Waals surface area contributed by atoms with E-state index >= 15 is 0 Å². The molecule has 1 heterocycles. The summed E-state index contributed by atoms with van der Waals surface area (Å²) < 4.78 is 10.9. The van der Waals surface area contributed by atoms with Crippen LogP contribution in [0.15, 0.2) is 66.2 Å². The predicted molar refractivity (Wildman–Crippen MR) is 133 cm³/mol. The van der Waals surface area contributed by atoms with Crippen molar-refractivity contribution in [3.8, 4) is 17.2 Å². The van der Waals surface area contributed by atoms with Gasteiger partial charge in [0.25, 0.3) is 11.7 Å². The lowest BCUT2D eigenvalue weighted by molar-refractivity contribution is -0.132. The van der Waals surface area contributed by atoms with Gasteiger partial charge in [-0.3, -0.25) is 14.5 Å². The maximum absolute atomic E-state index is 13.4. The van der Waals surface area contributed by atoms with E-state index in [0.717, 1.165) is 5.56 Å². The monoisotopic (exact) mass is 493 g/mol. The summed E-state index contributed by atoms with van der Waals surface area (Å²) in [6.07, 6.45) is 0. The zero-order chi connectivity index (χ0) is 25.3. The molecule has 1 amide bonds. The molecule has 7 nitrogen and oxygen atoms in total. The highest BCUT2D eigenvalue weighted by Gasteiger charge is 2.47. The fourth-order valence-electron chi connectivity index (χ4n) is 4.10. The third kappa shape index (κ3) is 4.31. The van der Waals surface area contributed by atoms with Gasteiger partial charge in [0, 0.05) is 10.7 Å². The number of aromatic hydroxyl groups is 1. The Morgan fingerprint density at radius 3 is 2.49 bits per heavy atom. The molecule has 1 atom stereocenters. The molecule has 0 spiro atoms. The quantitative estimate of drug-likeness (QED) is 0.271. The molecule has 1 aliphatic heterocycles. The number of hydrogen-bond donors (Lipinski definition) is 2. The molecule has 1 saturated heterocycles. The van der Waals surface area contributed by atoms with Gasteiger partial charge in [0.15, 0.2) is 11.5 Å². The van der Waals surface area contributed by atoms with E-state index in [2.05, 4.69) is 0 Å². The molecule has 3 aromatic rings. The van der Waals surface area contributed by atoms with Crippen LogP contribution in [0.2, 0.25) is 5.02 Å². The molecular formula is C27H24ClNO6. The lowest BCUT2D eigenvalue weighted by Gasteiger charge is -2.26. The van der Waals surface area contributed by atoms with Crippen molar-refractivity contribution in [3.05, 3.63) is 87.9 Å². The predicted octanol–water partition coefficient (Wildman–Crippen LogP) is 5.39. The van der Waals surface area contributed by atoms with Gasteiger partial charge in [0.05, 0.1) is 30.9 Å². The van der Waals surface area contributed by atoms with Crippen molar-refractivity contribution < 1.29 is 29.3 Å². The van der Waals surface area contributed by atoms with Crippen LogP contribution in [0, 0.1) is 6.92 Å². The van der Waals surface area contributed by atoms with E-state index in [1.807, 2.05) is 6.92 Å². The molecule has 35 heavy (non-hydrogen) atoms. The van der Waals surface area contributed by atoms with E-state index in [9.17, 15) is 19.8 Å². The van der Waals surface area contributed by atoms with Crippen molar-refractivity contribution in [1.29, 1.82) is 0 Å². The molecule has 4 rings (SSSR count). The summed E-state index contributed by atoms with van der Waals surface area (Å²) >= 11 is 6.34. The Balaban J connectivity index is 2.00. The molecule has 0 aliphatic carbocycles. The number of methoxy groups -OCH3 is 1. The molecule has 8 heteroatoms. The highest BCUT2D eigenvalue weighted by Crippen LogP contribution is 2.45. The molecule has 0 radical (unpaired) electrons. The zero-order valence-corrected chi connectivity index (χ0v) is 20.2. The number of para-hydroxylation sites is 1. The maximum Gasteiger partial charge on any atom is 0.300 e. The van der Waals surface area contributed by atoms with Crippen molar-refractivity contribution in [2.75, 3.05) is 18.6 Å².